The van der Waals surface area contributed by atoms with Gasteiger partial charge in [0.1, 0.15) is 18.0 Å². The number of hydrogen-bond acceptors (Lipinski definition) is 2. The normalized spacial score (nSPS) is 19.7. The summed E-state index contributed by atoms with van der Waals surface area (Å²) in [6, 6.07) is 4.37. The molecule has 0 saturated carbocycles. The molecule has 4 heteroatoms. The van der Waals surface area contributed by atoms with Crippen LogP contribution in [0.25, 0.3) is 0 Å². The molecule has 1 unspecified atom stereocenters. The van der Waals surface area contributed by atoms with Gasteiger partial charge in [0.15, 0.2) is 0 Å². The Bertz CT molecular complexity index is 417. The van der Waals surface area contributed by atoms with E-state index in [1.807, 2.05) is 0 Å². The van der Waals surface area contributed by atoms with Gasteiger partial charge in [-0.1, -0.05) is 12.1 Å². The van der Waals surface area contributed by atoms with Crippen LogP contribution in [0.2, 0.25) is 0 Å². The van der Waals surface area contributed by atoms with Crippen molar-refractivity contribution >= 4 is 17.9 Å². The lowest BCUT2D eigenvalue weighted by molar-refractivity contribution is -0.122. The largest absolute Gasteiger partial charge is 0.312 e. The molecule has 3 nitrogen and oxygen atoms in total. The van der Waals surface area contributed by atoms with Crippen LogP contribution in [0.1, 0.15) is 11.5 Å². The second-order valence-corrected chi connectivity index (χ2v) is 3.19. The van der Waals surface area contributed by atoms with Crippen molar-refractivity contribution in [2.45, 2.75) is 5.92 Å². The highest BCUT2D eigenvalue weighted by Crippen LogP contribution is 2.36. The Hall–Kier alpha value is -1.71. The van der Waals surface area contributed by atoms with Crippen molar-refractivity contribution in [1.82, 2.24) is 0 Å². The van der Waals surface area contributed by atoms with Crippen LogP contribution in [0.5, 0.6) is 0 Å². The van der Waals surface area contributed by atoms with Gasteiger partial charge in [-0.3, -0.25) is 4.79 Å². The fourth-order valence-corrected chi connectivity index (χ4v) is 1.72. The molecule has 1 heterocycles. The molecule has 1 aliphatic rings. The molecule has 14 heavy (non-hydrogen) atoms. The van der Waals surface area contributed by atoms with Gasteiger partial charge in [0.25, 0.3) is 0 Å². The van der Waals surface area contributed by atoms with Crippen LogP contribution in [0.4, 0.5) is 10.1 Å². The summed E-state index contributed by atoms with van der Waals surface area (Å²) >= 11 is 0. The molecule has 0 bridgehead atoms. The highest BCUT2D eigenvalue weighted by molar-refractivity contribution is 6.12. The molecule has 1 aromatic rings. The first kappa shape index (κ1) is 8.87. The molecule has 0 aliphatic carbocycles. The van der Waals surface area contributed by atoms with Gasteiger partial charge in [-0.05, 0) is 11.6 Å². The molecule has 0 aromatic heterocycles. The zero-order valence-electron chi connectivity index (χ0n) is 7.53. The molecule has 2 rings (SSSR count). The minimum atomic E-state index is -0.842. The van der Waals surface area contributed by atoms with Crippen LogP contribution >= 0.6 is 0 Å². The Morgan fingerprint density at radius 3 is 2.86 bits per heavy atom. The van der Waals surface area contributed by atoms with Gasteiger partial charge in [0, 0.05) is 7.05 Å². The smallest absolute Gasteiger partial charge is 0.241 e. The number of carbonyl (C=O) groups is 2. The Balaban J connectivity index is 2.66. The van der Waals surface area contributed by atoms with E-state index in [0.717, 1.165) is 0 Å². The zero-order valence-corrected chi connectivity index (χ0v) is 7.53. The second kappa shape index (κ2) is 2.90. The molecular weight excluding hydrogens is 185 g/mol. The third-order valence-electron chi connectivity index (χ3n) is 2.42. The number of benzene rings is 1. The Kier molecular flexibility index (Phi) is 1.84. The molecule has 0 N–H and O–H groups in total. The fourth-order valence-electron chi connectivity index (χ4n) is 1.72. The average molecular weight is 193 g/mol. The maximum atomic E-state index is 13.3. The lowest BCUT2D eigenvalue weighted by Gasteiger charge is -2.09. The van der Waals surface area contributed by atoms with Gasteiger partial charge in [-0.2, -0.15) is 0 Å². The third kappa shape index (κ3) is 0.968. The molecule has 72 valence electrons. The summed E-state index contributed by atoms with van der Waals surface area (Å²) in [5.74, 6) is -1.69. The number of para-hydroxylation sites is 1. The number of anilines is 1. The summed E-state index contributed by atoms with van der Waals surface area (Å²) in [4.78, 5) is 23.3. The van der Waals surface area contributed by atoms with Crippen molar-refractivity contribution in [3.8, 4) is 0 Å². The first-order valence-electron chi connectivity index (χ1n) is 4.18. The predicted molar refractivity (Wildman–Crippen MR) is 48.6 cm³/mol. The van der Waals surface area contributed by atoms with E-state index in [-0.39, 0.29) is 11.6 Å². The molecule has 0 radical (unpaired) electrons. The number of fused-ring (bicyclic) bond motifs is 1. The number of aldehydes is 1. The molecule has 1 aliphatic heterocycles. The van der Waals surface area contributed by atoms with E-state index < -0.39 is 11.7 Å². The van der Waals surface area contributed by atoms with Gasteiger partial charge in [0.2, 0.25) is 5.91 Å². The van der Waals surface area contributed by atoms with Gasteiger partial charge in [-0.15, -0.1) is 0 Å². The number of amides is 1. The van der Waals surface area contributed by atoms with E-state index in [0.29, 0.717) is 11.8 Å². The van der Waals surface area contributed by atoms with Gasteiger partial charge in [-0.25, -0.2) is 4.39 Å². The molecular formula is C10H8FNO2. The van der Waals surface area contributed by atoms with E-state index in [2.05, 4.69) is 0 Å². The average Bonchev–Trinajstić information content (AvgIpc) is 2.41. The molecule has 1 aromatic carbocycles. The van der Waals surface area contributed by atoms with Crippen molar-refractivity contribution in [1.29, 1.82) is 0 Å². The number of rotatable bonds is 1. The Labute approximate surface area is 80.1 Å². The van der Waals surface area contributed by atoms with Crippen molar-refractivity contribution in [3.63, 3.8) is 0 Å². The summed E-state index contributed by atoms with van der Waals surface area (Å²) in [6.45, 7) is 0. The lowest BCUT2D eigenvalue weighted by Crippen LogP contribution is -2.24. The molecule has 0 fully saturated rings. The zero-order chi connectivity index (χ0) is 10.3. The summed E-state index contributed by atoms with van der Waals surface area (Å²) in [6.07, 6.45) is 0.546. The third-order valence-corrected chi connectivity index (χ3v) is 2.42. The first-order valence-corrected chi connectivity index (χ1v) is 4.18. The van der Waals surface area contributed by atoms with E-state index in [9.17, 15) is 14.0 Å². The van der Waals surface area contributed by atoms with E-state index in [1.165, 1.54) is 24.1 Å². The van der Waals surface area contributed by atoms with Crippen molar-refractivity contribution in [3.05, 3.63) is 29.6 Å². The van der Waals surface area contributed by atoms with Gasteiger partial charge >= 0.3 is 0 Å². The maximum Gasteiger partial charge on any atom is 0.241 e. The molecule has 0 saturated heterocycles. The minimum Gasteiger partial charge on any atom is -0.312 e. The Morgan fingerprint density at radius 1 is 1.50 bits per heavy atom. The van der Waals surface area contributed by atoms with Crippen LogP contribution < -0.4 is 4.90 Å². The Morgan fingerprint density at radius 2 is 2.21 bits per heavy atom. The number of hydrogen-bond donors (Lipinski definition) is 0. The number of carbonyl (C=O) groups excluding carboxylic acids is 2. The predicted octanol–water partition coefficient (Wildman–Crippen LogP) is 1.08. The topological polar surface area (TPSA) is 37.4 Å². The van der Waals surface area contributed by atoms with Crippen molar-refractivity contribution in [2.24, 2.45) is 0 Å². The molecule has 1 atom stereocenters. The highest BCUT2D eigenvalue weighted by Gasteiger charge is 2.36. The van der Waals surface area contributed by atoms with Crippen molar-refractivity contribution < 1.29 is 14.0 Å². The molecule has 0 spiro atoms. The maximum absolute atomic E-state index is 13.3. The molecule has 1 amide bonds. The fraction of sp³-hybridized carbons (Fsp3) is 0.200. The minimum absolute atomic E-state index is 0.217. The van der Waals surface area contributed by atoms with Crippen LogP contribution in [-0.2, 0) is 9.59 Å². The standard InChI is InChI=1S/C10H8FNO2/c1-12-9-6(3-2-4-8(9)11)7(5-13)10(12)14/h2-5,7H,1H3. The summed E-state index contributed by atoms with van der Waals surface area (Å²) in [5, 5.41) is 0. The number of likely N-dealkylation sites (N-methyl/N-ethyl adjacent to an activating group) is 1. The van der Waals surface area contributed by atoms with Crippen LogP contribution in [0.3, 0.4) is 0 Å². The highest BCUT2D eigenvalue weighted by atomic mass is 19.1. The summed E-state index contributed by atoms with van der Waals surface area (Å²) in [7, 11) is 1.47. The summed E-state index contributed by atoms with van der Waals surface area (Å²) < 4.78 is 13.3. The van der Waals surface area contributed by atoms with Crippen LogP contribution in [0, 0.1) is 5.82 Å². The monoisotopic (exact) mass is 193 g/mol. The lowest BCUT2D eigenvalue weighted by atomic mass is 10.0. The SMILES string of the molecule is CN1C(=O)C(C=O)c2cccc(F)c21. The quantitative estimate of drug-likeness (QED) is 0.494. The van der Waals surface area contributed by atoms with Gasteiger partial charge in [0.05, 0.1) is 5.69 Å². The number of nitrogens with zero attached hydrogens (tertiary/aromatic N) is 1. The van der Waals surface area contributed by atoms with Crippen LogP contribution in [-0.4, -0.2) is 19.2 Å². The second-order valence-electron chi connectivity index (χ2n) is 3.19. The van der Waals surface area contributed by atoms with E-state index in [1.54, 1.807) is 6.07 Å². The van der Waals surface area contributed by atoms with Crippen LogP contribution in [0.15, 0.2) is 18.2 Å². The summed E-state index contributed by atoms with van der Waals surface area (Å²) in [5.41, 5.74) is 0.669. The van der Waals surface area contributed by atoms with E-state index >= 15 is 0 Å². The van der Waals surface area contributed by atoms with Crippen molar-refractivity contribution in [2.75, 3.05) is 11.9 Å². The first-order chi connectivity index (χ1) is 6.66. The van der Waals surface area contributed by atoms with Gasteiger partial charge < -0.3 is 9.69 Å². The number of halogens is 1. The van der Waals surface area contributed by atoms with E-state index in [4.69, 9.17) is 0 Å².